The first kappa shape index (κ1) is 9.41. The van der Waals surface area contributed by atoms with E-state index >= 15 is 0 Å². The van der Waals surface area contributed by atoms with Crippen molar-refractivity contribution >= 4 is 5.57 Å². The van der Waals surface area contributed by atoms with Gasteiger partial charge in [0.1, 0.15) is 5.82 Å². The van der Waals surface area contributed by atoms with Gasteiger partial charge in [-0.05, 0) is 49.1 Å². The van der Waals surface area contributed by atoms with Gasteiger partial charge >= 0.3 is 0 Å². The molecule has 14 heavy (non-hydrogen) atoms. The summed E-state index contributed by atoms with van der Waals surface area (Å²) in [6.07, 6.45) is 1.60. The average Bonchev–Trinajstić information content (AvgIpc) is 2.47. The zero-order valence-corrected chi connectivity index (χ0v) is 8.31. The van der Waals surface area contributed by atoms with Gasteiger partial charge in [0, 0.05) is 0 Å². The first-order valence-corrected chi connectivity index (χ1v) is 4.90. The van der Waals surface area contributed by atoms with E-state index in [4.69, 9.17) is 5.73 Å². The first-order chi connectivity index (χ1) is 6.74. The van der Waals surface area contributed by atoms with Crippen molar-refractivity contribution in [2.45, 2.75) is 19.8 Å². The summed E-state index contributed by atoms with van der Waals surface area (Å²) in [5, 5.41) is 0. The highest BCUT2D eigenvalue weighted by atomic mass is 19.1. The van der Waals surface area contributed by atoms with Gasteiger partial charge in [0.25, 0.3) is 0 Å². The lowest BCUT2D eigenvalue weighted by molar-refractivity contribution is 0.614. The Kier molecular flexibility index (Phi) is 2.38. The second-order valence-corrected chi connectivity index (χ2v) is 3.74. The van der Waals surface area contributed by atoms with Crippen LogP contribution < -0.4 is 5.73 Å². The van der Waals surface area contributed by atoms with Crippen LogP contribution in [0.25, 0.3) is 5.57 Å². The summed E-state index contributed by atoms with van der Waals surface area (Å²) in [6.45, 7) is 2.69. The van der Waals surface area contributed by atoms with E-state index in [0.717, 1.165) is 24.0 Å². The Morgan fingerprint density at radius 1 is 1.43 bits per heavy atom. The molecule has 0 amide bonds. The third kappa shape index (κ3) is 1.36. The lowest BCUT2D eigenvalue weighted by Gasteiger charge is -2.04. The average molecular weight is 191 g/mol. The third-order valence-electron chi connectivity index (χ3n) is 2.80. The topological polar surface area (TPSA) is 26.0 Å². The van der Waals surface area contributed by atoms with E-state index < -0.39 is 0 Å². The molecule has 2 rings (SSSR count). The molecule has 0 saturated heterocycles. The molecular weight excluding hydrogens is 177 g/mol. The van der Waals surface area contributed by atoms with E-state index in [1.54, 1.807) is 6.07 Å². The van der Waals surface area contributed by atoms with Gasteiger partial charge in [0.15, 0.2) is 0 Å². The van der Waals surface area contributed by atoms with Crippen molar-refractivity contribution in [2.75, 3.05) is 6.54 Å². The Hall–Kier alpha value is -1.15. The fourth-order valence-electron chi connectivity index (χ4n) is 2.12. The molecule has 0 atom stereocenters. The van der Waals surface area contributed by atoms with Crippen LogP contribution in [0.1, 0.15) is 24.5 Å². The number of halogens is 1. The zero-order valence-electron chi connectivity index (χ0n) is 8.31. The number of nitrogens with two attached hydrogens (primary N) is 1. The van der Waals surface area contributed by atoms with Crippen LogP contribution in [0, 0.1) is 5.82 Å². The number of hydrogen-bond donors (Lipinski definition) is 1. The molecule has 0 spiro atoms. The third-order valence-corrected chi connectivity index (χ3v) is 2.80. The maximum atomic E-state index is 13.4. The van der Waals surface area contributed by atoms with E-state index in [2.05, 4.69) is 6.92 Å². The summed E-state index contributed by atoms with van der Waals surface area (Å²) in [5.74, 6) is -0.0890. The molecule has 0 radical (unpaired) electrons. The molecule has 0 aromatic heterocycles. The van der Waals surface area contributed by atoms with Crippen LogP contribution in [0.5, 0.6) is 0 Å². The molecule has 1 aromatic carbocycles. The van der Waals surface area contributed by atoms with E-state index in [-0.39, 0.29) is 5.82 Å². The van der Waals surface area contributed by atoms with Gasteiger partial charge in [-0.3, -0.25) is 0 Å². The van der Waals surface area contributed by atoms with Gasteiger partial charge < -0.3 is 5.73 Å². The van der Waals surface area contributed by atoms with E-state index in [1.807, 2.05) is 6.07 Å². The molecule has 2 heteroatoms. The van der Waals surface area contributed by atoms with Crippen LogP contribution >= 0.6 is 0 Å². The second-order valence-electron chi connectivity index (χ2n) is 3.74. The minimum Gasteiger partial charge on any atom is -0.330 e. The van der Waals surface area contributed by atoms with Crippen LogP contribution in [0.3, 0.4) is 0 Å². The fourth-order valence-corrected chi connectivity index (χ4v) is 2.12. The minimum atomic E-state index is -0.0890. The molecule has 0 heterocycles. The molecule has 1 aliphatic carbocycles. The molecule has 74 valence electrons. The Labute approximate surface area is 83.4 Å². The lowest BCUT2D eigenvalue weighted by atomic mass is 10.0. The number of rotatable bonds is 2. The standard InChI is InChI=1S/C12H14FN/c1-8-7-11-10(9(8)5-6-14)3-2-4-12(11)13/h2-4H,5-7,14H2,1H3. The molecule has 0 aliphatic heterocycles. The van der Waals surface area contributed by atoms with Crippen molar-refractivity contribution < 1.29 is 4.39 Å². The number of allylic oxidation sites excluding steroid dienone is 1. The van der Waals surface area contributed by atoms with Crippen LogP contribution in [0.15, 0.2) is 23.8 Å². The lowest BCUT2D eigenvalue weighted by Crippen LogP contribution is -2.00. The van der Waals surface area contributed by atoms with Crippen molar-refractivity contribution in [3.63, 3.8) is 0 Å². The van der Waals surface area contributed by atoms with Crippen molar-refractivity contribution in [2.24, 2.45) is 5.73 Å². The van der Waals surface area contributed by atoms with E-state index in [9.17, 15) is 4.39 Å². The summed E-state index contributed by atoms with van der Waals surface area (Å²) < 4.78 is 13.4. The predicted molar refractivity (Wildman–Crippen MR) is 56.4 cm³/mol. The van der Waals surface area contributed by atoms with Crippen LogP contribution in [0.4, 0.5) is 4.39 Å². The normalized spacial score (nSPS) is 14.8. The molecule has 0 unspecified atom stereocenters. The Bertz CT molecular complexity index is 393. The number of benzene rings is 1. The molecule has 2 N–H and O–H groups in total. The van der Waals surface area contributed by atoms with Crippen LogP contribution in [-0.2, 0) is 6.42 Å². The molecular formula is C12H14FN. The van der Waals surface area contributed by atoms with Crippen LogP contribution in [0.2, 0.25) is 0 Å². The highest BCUT2D eigenvalue weighted by Gasteiger charge is 2.20. The van der Waals surface area contributed by atoms with E-state index in [1.165, 1.54) is 17.2 Å². The summed E-state index contributed by atoms with van der Waals surface area (Å²) in [4.78, 5) is 0. The molecule has 0 fully saturated rings. The van der Waals surface area contributed by atoms with Gasteiger partial charge in [-0.1, -0.05) is 17.7 Å². The summed E-state index contributed by atoms with van der Waals surface area (Å²) in [5.41, 5.74) is 9.94. The van der Waals surface area contributed by atoms with Crippen molar-refractivity contribution in [3.05, 3.63) is 40.7 Å². The second kappa shape index (κ2) is 3.54. The summed E-state index contributed by atoms with van der Waals surface area (Å²) in [6, 6.07) is 5.28. The SMILES string of the molecule is CC1=C(CCN)c2cccc(F)c2C1. The Balaban J connectivity index is 2.47. The van der Waals surface area contributed by atoms with Crippen molar-refractivity contribution in [3.8, 4) is 0 Å². The quantitative estimate of drug-likeness (QED) is 0.763. The Morgan fingerprint density at radius 2 is 2.21 bits per heavy atom. The van der Waals surface area contributed by atoms with Gasteiger partial charge in [-0.15, -0.1) is 0 Å². The molecule has 0 bridgehead atoms. The van der Waals surface area contributed by atoms with Crippen molar-refractivity contribution in [1.29, 1.82) is 0 Å². The maximum Gasteiger partial charge on any atom is 0.127 e. The molecule has 1 aliphatic rings. The highest BCUT2D eigenvalue weighted by molar-refractivity contribution is 5.76. The van der Waals surface area contributed by atoms with Gasteiger partial charge in [0.05, 0.1) is 0 Å². The van der Waals surface area contributed by atoms with E-state index in [0.29, 0.717) is 6.54 Å². The smallest absolute Gasteiger partial charge is 0.127 e. The number of hydrogen-bond acceptors (Lipinski definition) is 1. The minimum absolute atomic E-state index is 0.0890. The first-order valence-electron chi connectivity index (χ1n) is 4.90. The zero-order chi connectivity index (χ0) is 10.1. The molecule has 1 nitrogen and oxygen atoms in total. The van der Waals surface area contributed by atoms with Gasteiger partial charge in [-0.25, -0.2) is 4.39 Å². The largest absolute Gasteiger partial charge is 0.330 e. The Morgan fingerprint density at radius 3 is 2.93 bits per heavy atom. The van der Waals surface area contributed by atoms with Crippen LogP contribution in [-0.4, -0.2) is 6.54 Å². The number of fused-ring (bicyclic) bond motifs is 1. The fraction of sp³-hybridized carbons (Fsp3) is 0.333. The maximum absolute atomic E-state index is 13.4. The summed E-state index contributed by atoms with van der Waals surface area (Å²) in [7, 11) is 0. The predicted octanol–water partition coefficient (Wildman–Crippen LogP) is 2.50. The van der Waals surface area contributed by atoms with Gasteiger partial charge in [0.2, 0.25) is 0 Å². The van der Waals surface area contributed by atoms with Gasteiger partial charge in [-0.2, -0.15) is 0 Å². The molecule has 0 saturated carbocycles. The molecule has 1 aromatic rings. The highest BCUT2D eigenvalue weighted by Crippen LogP contribution is 2.35. The van der Waals surface area contributed by atoms with Crippen molar-refractivity contribution in [1.82, 2.24) is 0 Å². The summed E-state index contributed by atoms with van der Waals surface area (Å²) >= 11 is 0. The monoisotopic (exact) mass is 191 g/mol.